The average Bonchev–Trinajstić information content (AvgIpc) is 2.73. The van der Waals surface area contributed by atoms with Gasteiger partial charge in [-0.25, -0.2) is 17.9 Å². The Morgan fingerprint density at radius 1 is 1.29 bits per heavy atom. The van der Waals surface area contributed by atoms with Crippen molar-refractivity contribution in [3.63, 3.8) is 0 Å². The number of carbonyl (C=O) groups excluding carboxylic acids is 2. The van der Waals surface area contributed by atoms with Crippen molar-refractivity contribution < 1.29 is 22.7 Å². The van der Waals surface area contributed by atoms with Crippen LogP contribution in [-0.4, -0.2) is 42.1 Å². The van der Waals surface area contributed by atoms with E-state index < -0.39 is 27.6 Å². The summed E-state index contributed by atoms with van der Waals surface area (Å²) in [5, 5.41) is 4.26. The Morgan fingerprint density at radius 2 is 1.92 bits per heavy atom. The largest absolute Gasteiger partial charge is 0.442 e. The van der Waals surface area contributed by atoms with Crippen LogP contribution in [0.3, 0.4) is 0 Å². The van der Waals surface area contributed by atoms with Crippen molar-refractivity contribution in [1.82, 2.24) is 14.5 Å². The molecule has 1 heterocycles. The molecule has 0 unspecified atom stereocenters. The van der Waals surface area contributed by atoms with Gasteiger partial charge in [0.2, 0.25) is 10.0 Å². The van der Waals surface area contributed by atoms with E-state index >= 15 is 0 Å². The molecule has 1 N–H and O–H groups in total. The second kappa shape index (κ2) is 6.17. The molecular weight excluding hydrogens is 402 g/mol. The summed E-state index contributed by atoms with van der Waals surface area (Å²) in [7, 11) is -3.77. The minimum absolute atomic E-state index is 0.192. The first-order valence-electron chi connectivity index (χ1n) is 6.81. The third-order valence-electron chi connectivity index (χ3n) is 2.70. The fourth-order valence-electron chi connectivity index (χ4n) is 1.92. The van der Waals surface area contributed by atoms with Crippen molar-refractivity contribution in [2.45, 2.75) is 26.4 Å². The van der Waals surface area contributed by atoms with Crippen LogP contribution in [0.2, 0.25) is 0 Å². The summed E-state index contributed by atoms with van der Waals surface area (Å²) in [6.45, 7) is 5.10. The Labute approximate surface area is 147 Å². The number of sulfonamides is 1. The second-order valence-electron chi connectivity index (χ2n) is 6.11. The van der Waals surface area contributed by atoms with Crippen LogP contribution in [0, 0.1) is 0 Å². The highest BCUT2D eigenvalue weighted by atomic mass is 79.9. The van der Waals surface area contributed by atoms with Crippen LogP contribution in [0.15, 0.2) is 22.7 Å². The van der Waals surface area contributed by atoms with Crippen LogP contribution in [0.1, 0.15) is 31.3 Å². The number of hydrogen-bond donors (Lipinski definition) is 1. The smallest absolute Gasteiger partial charge is 0.435 e. The van der Waals surface area contributed by atoms with Crippen molar-refractivity contribution in [2.24, 2.45) is 0 Å². The second-order valence-corrected chi connectivity index (χ2v) is 8.77. The number of ether oxygens (including phenoxy) is 1. The van der Waals surface area contributed by atoms with E-state index in [9.17, 15) is 18.0 Å². The summed E-state index contributed by atoms with van der Waals surface area (Å²) in [6, 6.07) is 4.82. The van der Waals surface area contributed by atoms with Gasteiger partial charge in [0.1, 0.15) is 5.60 Å². The summed E-state index contributed by atoms with van der Waals surface area (Å²) in [6.07, 6.45) is 0.0849. The number of amides is 1. The number of hydrogen-bond acceptors (Lipinski definition) is 6. The third-order valence-corrected chi connectivity index (χ3v) is 3.75. The number of aromatic nitrogens is 2. The molecule has 2 rings (SSSR count). The zero-order chi connectivity index (χ0) is 18.3. The number of fused-ring (bicyclic) bond motifs is 1. The first-order valence-corrected chi connectivity index (χ1v) is 9.49. The maximum absolute atomic E-state index is 12.3. The maximum Gasteiger partial charge on any atom is 0.435 e. The van der Waals surface area contributed by atoms with E-state index in [1.807, 2.05) is 4.72 Å². The molecule has 0 saturated heterocycles. The van der Waals surface area contributed by atoms with E-state index in [0.717, 1.165) is 10.9 Å². The van der Waals surface area contributed by atoms with Gasteiger partial charge in [-0.15, -0.1) is 0 Å². The quantitative estimate of drug-likeness (QED) is 0.802. The Kier molecular flexibility index (Phi) is 4.73. The summed E-state index contributed by atoms with van der Waals surface area (Å²) in [4.78, 5) is 24.5. The predicted molar refractivity (Wildman–Crippen MR) is 91.4 cm³/mol. The lowest BCUT2D eigenvalue weighted by atomic mass is 10.2. The van der Waals surface area contributed by atoms with Gasteiger partial charge in [-0.2, -0.15) is 9.78 Å². The normalized spacial score (nSPS) is 12.2. The monoisotopic (exact) mass is 417 g/mol. The van der Waals surface area contributed by atoms with Crippen molar-refractivity contribution >= 4 is 48.9 Å². The van der Waals surface area contributed by atoms with Gasteiger partial charge in [-0.3, -0.25) is 4.79 Å². The van der Waals surface area contributed by atoms with Crippen LogP contribution < -0.4 is 4.72 Å². The van der Waals surface area contributed by atoms with E-state index in [1.165, 1.54) is 0 Å². The molecule has 10 heteroatoms. The number of nitrogens with zero attached hydrogens (tertiary/aromatic N) is 2. The Balaban J connectivity index is 2.59. The molecule has 0 fully saturated rings. The Bertz CT molecular complexity index is 928. The first-order chi connectivity index (χ1) is 10.9. The zero-order valence-corrected chi connectivity index (χ0v) is 15.9. The lowest BCUT2D eigenvalue weighted by Crippen LogP contribution is -2.31. The molecule has 0 bridgehead atoms. The van der Waals surface area contributed by atoms with Crippen molar-refractivity contribution in [2.75, 3.05) is 6.26 Å². The average molecular weight is 418 g/mol. The SMILES string of the molecule is CC(C)(C)OC(=O)n1nc(C(=O)NS(C)(=O)=O)c2cc(Br)ccc21. The van der Waals surface area contributed by atoms with Gasteiger partial charge in [0.15, 0.2) is 5.69 Å². The number of halogens is 1. The van der Waals surface area contributed by atoms with E-state index in [0.29, 0.717) is 15.4 Å². The summed E-state index contributed by atoms with van der Waals surface area (Å²) in [5.74, 6) is -0.928. The van der Waals surface area contributed by atoms with Gasteiger partial charge in [0.05, 0.1) is 11.8 Å². The minimum Gasteiger partial charge on any atom is -0.442 e. The lowest BCUT2D eigenvalue weighted by molar-refractivity contribution is 0.0522. The molecule has 8 nitrogen and oxygen atoms in total. The van der Waals surface area contributed by atoms with Crippen LogP contribution in [-0.2, 0) is 14.8 Å². The molecule has 0 atom stereocenters. The zero-order valence-electron chi connectivity index (χ0n) is 13.5. The van der Waals surface area contributed by atoms with E-state index in [1.54, 1.807) is 39.0 Å². The van der Waals surface area contributed by atoms with Gasteiger partial charge in [0, 0.05) is 9.86 Å². The third kappa shape index (κ3) is 4.32. The van der Waals surface area contributed by atoms with Gasteiger partial charge in [0.25, 0.3) is 5.91 Å². The molecule has 1 amide bonds. The molecule has 1 aromatic carbocycles. The molecular formula is C14H16BrN3O5S. The molecule has 0 aliphatic carbocycles. The van der Waals surface area contributed by atoms with Crippen LogP contribution in [0.4, 0.5) is 4.79 Å². The van der Waals surface area contributed by atoms with Crippen LogP contribution >= 0.6 is 15.9 Å². The Morgan fingerprint density at radius 3 is 2.46 bits per heavy atom. The number of carbonyl (C=O) groups is 2. The molecule has 0 saturated carbocycles. The Hall–Kier alpha value is -1.94. The number of rotatable bonds is 2. The van der Waals surface area contributed by atoms with Crippen LogP contribution in [0.5, 0.6) is 0 Å². The molecule has 0 spiro atoms. The summed E-state index contributed by atoms with van der Waals surface area (Å²) < 4.78 is 31.2. The van der Waals surface area contributed by atoms with E-state index in [-0.39, 0.29) is 5.69 Å². The lowest BCUT2D eigenvalue weighted by Gasteiger charge is -2.19. The first kappa shape index (κ1) is 18.4. The van der Waals surface area contributed by atoms with E-state index in [4.69, 9.17) is 4.74 Å². The molecule has 2 aromatic rings. The fourth-order valence-corrected chi connectivity index (χ4v) is 2.71. The van der Waals surface area contributed by atoms with Crippen LogP contribution in [0.25, 0.3) is 10.9 Å². The summed E-state index contributed by atoms with van der Waals surface area (Å²) >= 11 is 3.27. The molecule has 0 aliphatic rings. The number of nitrogens with one attached hydrogen (secondary N) is 1. The highest BCUT2D eigenvalue weighted by Crippen LogP contribution is 2.24. The minimum atomic E-state index is -3.77. The molecule has 130 valence electrons. The predicted octanol–water partition coefficient (Wildman–Crippen LogP) is 2.27. The fraction of sp³-hybridized carbons (Fsp3) is 0.357. The van der Waals surface area contributed by atoms with Gasteiger partial charge in [-0.05, 0) is 39.0 Å². The highest BCUT2D eigenvalue weighted by molar-refractivity contribution is 9.10. The molecule has 0 aliphatic heterocycles. The summed E-state index contributed by atoms with van der Waals surface area (Å²) in [5.41, 5.74) is -0.617. The van der Waals surface area contributed by atoms with Crippen molar-refractivity contribution in [1.29, 1.82) is 0 Å². The van der Waals surface area contributed by atoms with Crippen molar-refractivity contribution in [3.8, 4) is 0 Å². The van der Waals surface area contributed by atoms with Gasteiger partial charge >= 0.3 is 6.09 Å². The van der Waals surface area contributed by atoms with Gasteiger partial charge in [-0.1, -0.05) is 15.9 Å². The van der Waals surface area contributed by atoms with Gasteiger partial charge < -0.3 is 4.74 Å². The van der Waals surface area contributed by atoms with Crippen molar-refractivity contribution in [3.05, 3.63) is 28.4 Å². The highest BCUT2D eigenvalue weighted by Gasteiger charge is 2.25. The molecule has 0 radical (unpaired) electrons. The maximum atomic E-state index is 12.3. The molecule has 1 aromatic heterocycles. The molecule has 24 heavy (non-hydrogen) atoms. The van der Waals surface area contributed by atoms with E-state index in [2.05, 4.69) is 21.0 Å². The topological polar surface area (TPSA) is 107 Å². The standard InChI is InChI=1S/C14H16BrN3O5S/c1-14(2,3)23-13(20)18-10-6-5-8(15)7-9(10)11(16-18)12(19)17-24(4,21)22/h5-7H,1-4H3,(H,17,19). The number of benzene rings is 1.